The summed E-state index contributed by atoms with van der Waals surface area (Å²) in [5.74, 6) is -0.429. The van der Waals surface area contributed by atoms with Crippen molar-refractivity contribution in [3.63, 3.8) is 0 Å². The summed E-state index contributed by atoms with van der Waals surface area (Å²) in [6, 6.07) is 5.47. The van der Waals surface area contributed by atoms with E-state index < -0.39 is 24.3 Å². The second-order valence-electron chi connectivity index (χ2n) is 7.32. The summed E-state index contributed by atoms with van der Waals surface area (Å²) in [5.41, 5.74) is 1.96. The van der Waals surface area contributed by atoms with Crippen molar-refractivity contribution < 1.29 is 18.8 Å². The van der Waals surface area contributed by atoms with Crippen molar-refractivity contribution in [1.29, 1.82) is 0 Å². The largest absolute Gasteiger partial charge is 0.494 e. The Bertz CT molecular complexity index is 797. The molecule has 1 aliphatic heterocycles. The van der Waals surface area contributed by atoms with Gasteiger partial charge in [0.15, 0.2) is 0 Å². The monoisotopic (exact) mass is 342 g/mol. The van der Waals surface area contributed by atoms with E-state index in [1.807, 2.05) is 52.9 Å². The first-order chi connectivity index (χ1) is 11.6. The molecular weight excluding hydrogens is 319 g/mol. The van der Waals surface area contributed by atoms with E-state index >= 15 is 0 Å². The van der Waals surface area contributed by atoms with Gasteiger partial charge in [-0.2, -0.15) is 5.10 Å². The molecule has 1 saturated heterocycles. The molecule has 0 spiro atoms. The molecule has 2 aromatic rings. The molecule has 0 bridgehead atoms. The third-order valence-corrected chi connectivity index (χ3v) is 4.91. The lowest BCUT2D eigenvalue weighted by Crippen LogP contribution is -2.41. The van der Waals surface area contributed by atoms with E-state index in [0.717, 1.165) is 11.0 Å². The van der Waals surface area contributed by atoms with E-state index in [1.165, 1.54) is 7.11 Å². The number of rotatable bonds is 3. The Hall–Kier alpha value is -2.12. The summed E-state index contributed by atoms with van der Waals surface area (Å²) in [6.07, 6.45) is 3.60. The van der Waals surface area contributed by atoms with E-state index in [4.69, 9.17) is 14.0 Å². The molecule has 1 aromatic heterocycles. The molecule has 3 rings (SSSR count). The number of aromatic nitrogens is 2. The first kappa shape index (κ1) is 17.7. The molecule has 0 atom stereocenters. The van der Waals surface area contributed by atoms with Crippen molar-refractivity contribution >= 4 is 18.6 Å². The lowest BCUT2D eigenvalue weighted by atomic mass is 9.78. The Labute approximate surface area is 148 Å². The molecule has 1 aliphatic rings. The smallest absolute Gasteiger partial charge is 0.465 e. The van der Waals surface area contributed by atoms with Gasteiger partial charge in [-0.1, -0.05) is 6.07 Å². The van der Waals surface area contributed by atoms with Gasteiger partial charge in [-0.05, 0) is 57.8 Å². The van der Waals surface area contributed by atoms with Crippen LogP contribution in [0.15, 0.2) is 30.6 Å². The predicted octanol–water partition coefficient (Wildman–Crippen LogP) is 2.27. The Kier molecular flexibility index (Phi) is 4.25. The standard InChI is InChI=1S/C18H23BN2O4/c1-12-10-20-21(11-12)15-8-7-13(9-14(15)16(22)23-6)19-24-17(2,3)18(4,5)25-19/h7-11H,1-6H3. The Morgan fingerprint density at radius 3 is 2.36 bits per heavy atom. The second-order valence-corrected chi connectivity index (χ2v) is 7.32. The highest BCUT2D eigenvalue weighted by molar-refractivity contribution is 6.62. The van der Waals surface area contributed by atoms with E-state index in [0.29, 0.717) is 11.3 Å². The molecule has 0 saturated carbocycles. The lowest BCUT2D eigenvalue weighted by molar-refractivity contribution is 0.00578. The SMILES string of the molecule is COC(=O)c1cc(B2OC(C)(C)C(C)(C)O2)ccc1-n1cc(C)cn1. The third-order valence-electron chi connectivity index (χ3n) is 4.91. The molecule has 7 heteroatoms. The topological polar surface area (TPSA) is 62.6 Å². The molecule has 0 unspecified atom stereocenters. The van der Waals surface area contributed by atoms with E-state index in [1.54, 1.807) is 16.9 Å². The number of benzene rings is 1. The van der Waals surface area contributed by atoms with Gasteiger partial charge in [0.2, 0.25) is 0 Å². The molecule has 2 heterocycles. The second kappa shape index (κ2) is 6.00. The van der Waals surface area contributed by atoms with Gasteiger partial charge in [-0.3, -0.25) is 0 Å². The first-order valence-corrected chi connectivity index (χ1v) is 8.24. The predicted molar refractivity (Wildman–Crippen MR) is 95.4 cm³/mol. The molecule has 25 heavy (non-hydrogen) atoms. The van der Waals surface area contributed by atoms with Crippen LogP contribution in [-0.4, -0.2) is 41.2 Å². The van der Waals surface area contributed by atoms with Crippen LogP contribution in [0.1, 0.15) is 43.6 Å². The summed E-state index contributed by atoms with van der Waals surface area (Å²) in [4.78, 5) is 12.3. The molecule has 6 nitrogen and oxygen atoms in total. The number of hydrogen-bond donors (Lipinski definition) is 0. The van der Waals surface area contributed by atoms with Crippen LogP contribution in [0.3, 0.4) is 0 Å². The number of methoxy groups -OCH3 is 1. The molecule has 0 N–H and O–H groups in total. The first-order valence-electron chi connectivity index (χ1n) is 8.24. The van der Waals surface area contributed by atoms with Crippen molar-refractivity contribution in [3.05, 3.63) is 41.7 Å². The van der Waals surface area contributed by atoms with Crippen LogP contribution in [0.25, 0.3) is 5.69 Å². The Balaban J connectivity index is 2.02. The number of hydrogen-bond acceptors (Lipinski definition) is 5. The van der Waals surface area contributed by atoms with Crippen LogP contribution in [0.4, 0.5) is 0 Å². The van der Waals surface area contributed by atoms with Crippen molar-refractivity contribution in [2.75, 3.05) is 7.11 Å². The van der Waals surface area contributed by atoms with Crippen LogP contribution in [0, 0.1) is 6.92 Å². The van der Waals surface area contributed by atoms with Gasteiger partial charge in [0.05, 0.1) is 35.8 Å². The van der Waals surface area contributed by atoms with Gasteiger partial charge < -0.3 is 14.0 Å². The van der Waals surface area contributed by atoms with Gasteiger partial charge in [0.1, 0.15) is 0 Å². The lowest BCUT2D eigenvalue weighted by Gasteiger charge is -2.32. The van der Waals surface area contributed by atoms with Gasteiger partial charge in [-0.15, -0.1) is 0 Å². The molecule has 0 aliphatic carbocycles. The third kappa shape index (κ3) is 3.09. The minimum absolute atomic E-state index is 0.415. The van der Waals surface area contributed by atoms with Crippen LogP contribution in [-0.2, 0) is 14.0 Å². The van der Waals surface area contributed by atoms with Crippen molar-refractivity contribution in [1.82, 2.24) is 9.78 Å². The Morgan fingerprint density at radius 1 is 1.20 bits per heavy atom. The van der Waals surface area contributed by atoms with Gasteiger partial charge in [0.25, 0.3) is 0 Å². The van der Waals surface area contributed by atoms with Crippen LogP contribution in [0.2, 0.25) is 0 Å². The molecule has 1 fully saturated rings. The molecule has 0 amide bonds. The van der Waals surface area contributed by atoms with E-state index in [9.17, 15) is 4.79 Å². The van der Waals surface area contributed by atoms with Crippen LogP contribution < -0.4 is 5.46 Å². The summed E-state index contributed by atoms with van der Waals surface area (Å²) in [5, 5.41) is 4.28. The summed E-state index contributed by atoms with van der Waals surface area (Å²) < 4.78 is 18.7. The molecule has 1 aromatic carbocycles. The zero-order chi connectivity index (χ0) is 18.4. The van der Waals surface area contributed by atoms with Crippen LogP contribution >= 0.6 is 0 Å². The minimum atomic E-state index is -0.540. The molecular formula is C18H23BN2O4. The normalized spacial score (nSPS) is 18.4. The van der Waals surface area contributed by atoms with Gasteiger partial charge in [0, 0.05) is 6.20 Å². The quantitative estimate of drug-likeness (QED) is 0.633. The summed E-state index contributed by atoms with van der Waals surface area (Å²) in [7, 11) is 0.823. The number of ether oxygens (including phenoxy) is 1. The van der Waals surface area contributed by atoms with Crippen molar-refractivity contribution in [2.24, 2.45) is 0 Å². The maximum Gasteiger partial charge on any atom is 0.494 e. The highest BCUT2D eigenvalue weighted by Gasteiger charge is 2.51. The zero-order valence-electron chi connectivity index (χ0n) is 15.5. The van der Waals surface area contributed by atoms with Crippen molar-refractivity contribution in [3.8, 4) is 5.69 Å². The number of carbonyl (C=O) groups is 1. The number of esters is 1. The average Bonchev–Trinajstić information content (AvgIpc) is 3.07. The molecule has 132 valence electrons. The highest BCUT2D eigenvalue weighted by atomic mass is 16.7. The van der Waals surface area contributed by atoms with Gasteiger partial charge in [-0.25, -0.2) is 9.48 Å². The summed E-state index contributed by atoms with van der Waals surface area (Å²) >= 11 is 0. The zero-order valence-corrected chi connectivity index (χ0v) is 15.5. The van der Waals surface area contributed by atoms with Gasteiger partial charge >= 0.3 is 13.1 Å². The number of aryl methyl sites for hydroxylation is 1. The van der Waals surface area contributed by atoms with E-state index in [-0.39, 0.29) is 0 Å². The number of carbonyl (C=O) groups excluding carboxylic acids is 1. The summed E-state index contributed by atoms with van der Waals surface area (Å²) in [6.45, 7) is 9.93. The fourth-order valence-corrected chi connectivity index (χ4v) is 2.70. The van der Waals surface area contributed by atoms with Crippen molar-refractivity contribution in [2.45, 2.75) is 45.8 Å². The fourth-order valence-electron chi connectivity index (χ4n) is 2.70. The molecule has 0 radical (unpaired) electrons. The highest BCUT2D eigenvalue weighted by Crippen LogP contribution is 2.36. The van der Waals surface area contributed by atoms with E-state index in [2.05, 4.69) is 5.10 Å². The maximum absolute atomic E-state index is 12.3. The average molecular weight is 342 g/mol. The maximum atomic E-state index is 12.3. The van der Waals surface area contributed by atoms with Crippen LogP contribution in [0.5, 0.6) is 0 Å². The number of nitrogens with zero attached hydrogens (tertiary/aromatic N) is 2. The Morgan fingerprint density at radius 2 is 1.84 bits per heavy atom. The minimum Gasteiger partial charge on any atom is -0.465 e. The fraction of sp³-hybridized carbons (Fsp3) is 0.444.